The summed E-state index contributed by atoms with van der Waals surface area (Å²) >= 11 is 1.57. The van der Waals surface area contributed by atoms with E-state index in [1.165, 1.54) is 27.1 Å². The van der Waals surface area contributed by atoms with Crippen LogP contribution in [0.2, 0.25) is 0 Å². The first kappa shape index (κ1) is 19.2. The lowest BCUT2D eigenvalue weighted by atomic mass is 10.0. The summed E-state index contributed by atoms with van der Waals surface area (Å²) in [5, 5.41) is 2.91. The summed E-state index contributed by atoms with van der Waals surface area (Å²) in [5.74, 6) is 1.55. The Labute approximate surface area is 153 Å². The smallest absolute Gasteiger partial charge is 0.234 e. The third-order valence-electron chi connectivity index (χ3n) is 4.33. The van der Waals surface area contributed by atoms with Gasteiger partial charge in [0.2, 0.25) is 5.91 Å². The lowest BCUT2D eigenvalue weighted by Crippen LogP contribution is -2.15. The molecule has 4 nitrogen and oxygen atoms in total. The summed E-state index contributed by atoms with van der Waals surface area (Å²) in [5.41, 5.74) is 5.62. The Morgan fingerprint density at radius 2 is 1.64 bits per heavy atom. The number of rotatable bonds is 6. The van der Waals surface area contributed by atoms with E-state index in [0.29, 0.717) is 22.9 Å². The molecule has 1 amide bonds. The summed E-state index contributed by atoms with van der Waals surface area (Å²) in [6.07, 6.45) is 0. The fraction of sp³-hybridized carbons (Fsp3) is 0.350. The standard InChI is InChI=1S/C20H25NO3S/c1-12-9-13(2)15(4)20(14(12)3)25-11-19(22)21-17-8-7-16(23-5)10-18(17)24-6/h7-10H,11H2,1-6H3,(H,21,22). The summed E-state index contributed by atoms with van der Waals surface area (Å²) in [7, 11) is 3.17. The Kier molecular flexibility index (Phi) is 6.37. The summed E-state index contributed by atoms with van der Waals surface area (Å²) in [4.78, 5) is 13.6. The zero-order valence-corrected chi connectivity index (χ0v) is 16.5. The van der Waals surface area contributed by atoms with Crippen molar-refractivity contribution in [3.05, 3.63) is 46.5 Å². The van der Waals surface area contributed by atoms with Crippen LogP contribution in [-0.4, -0.2) is 25.9 Å². The SMILES string of the molecule is COc1ccc(NC(=O)CSc2c(C)c(C)cc(C)c2C)c(OC)c1. The van der Waals surface area contributed by atoms with Crippen LogP contribution in [0, 0.1) is 27.7 Å². The number of carbonyl (C=O) groups excluding carboxylic acids is 1. The van der Waals surface area contributed by atoms with Crippen LogP contribution < -0.4 is 14.8 Å². The van der Waals surface area contributed by atoms with Crippen LogP contribution in [0.3, 0.4) is 0 Å². The molecule has 2 rings (SSSR count). The van der Waals surface area contributed by atoms with Gasteiger partial charge in [-0.3, -0.25) is 4.79 Å². The molecule has 0 aliphatic carbocycles. The molecule has 0 unspecified atom stereocenters. The topological polar surface area (TPSA) is 47.6 Å². The van der Waals surface area contributed by atoms with Gasteiger partial charge in [-0.2, -0.15) is 0 Å². The number of hydrogen-bond donors (Lipinski definition) is 1. The number of aryl methyl sites for hydroxylation is 2. The number of carbonyl (C=O) groups is 1. The average molecular weight is 359 g/mol. The van der Waals surface area contributed by atoms with Crippen molar-refractivity contribution in [2.24, 2.45) is 0 Å². The van der Waals surface area contributed by atoms with Gasteiger partial charge in [0.1, 0.15) is 11.5 Å². The van der Waals surface area contributed by atoms with Gasteiger partial charge in [-0.05, 0) is 62.1 Å². The minimum Gasteiger partial charge on any atom is -0.497 e. The van der Waals surface area contributed by atoms with Crippen LogP contribution in [0.4, 0.5) is 5.69 Å². The second-order valence-corrected chi connectivity index (χ2v) is 6.98. The Bertz CT molecular complexity index is 761. The highest BCUT2D eigenvalue weighted by Gasteiger charge is 2.13. The average Bonchev–Trinajstić information content (AvgIpc) is 2.60. The van der Waals surface area contributed by atoms with Crippen molar-refractivity contribution < 1.29 is 14.3 Å². The van der Waals surface area contributed by atoms with E-state index >= 15 is 0 Å². The molecule has 25 heavy (non-hydrogen) atoms. The monoisotopic (exact) mass is 359 g/mol. The van der Waals surface area contributed by atoms with Gasteiger partial charge in [0, 0.05) is 11.0 Å². The van der Waals surface area contributed by atoms with Crippen LogP contribution in [0.15, 0.2) is 29.2 Å². The van der Waals surface area contributed by atoms with Gasteiger partial charge in [0.15, 0.2) is 0 Å². The van der Waals surface area contributed by atoms with Crippen LogP contribution >= 0.6 is 11.8 Å². The Balaban J connectivity index is 2.10. The minimum atomic E-state index is -0.0635. The molecule has 2 aromatic rings. The number of methoxy groups -OCH3 is 2. The maximum atomic E-state index is 12.4. The van der Waals surface area contributed by atoms with E-state index < -0.39 is 0 Å². The highest BCUT2D eigenvalue weighted by Crippen LogP contribution is 2.32. The third kappa shape index (κ3) is 4.48. The molecule has 1 N–H and O–H groups in total. The van der Waals surface area contributed by atoms with Crippen molar-refractivity contribution in [1.82, 2.24) is 0 Å². The molecule has 0 saturated heterocycles. The molecule has 134 valence electrons. The fourth-order valence-corrected chi connectivity index (χ4v) is 3.73. The zero-order chi connectivity index (χ0) is 18.6. The van der Waals surface area contributed by atoms with E-state index in [-0.39, 0.29) is 5.91 Å². The lowest BCUT2D eigenvalue weighted by Gasteiger charge is -2.15. The van der Waals surface area contributed by atoms with Crippen molar-refractivity contribution >= 4 is 23.4 Å². The Hall–Kier alpha value is -2.14. The van der Waals surface area contributed by atoms with E-state index in [1.807, 2.05) is 0 Å². The first-order valence-electron chi connectivity index (χ1n) is 8.09. The molecule has 0 radical (unpaired) electrons. The van der Waals surface area contributed by atoms with Crippen molar-refractivity contribution in [1.29, 1.82) is 0 Å². The first-order chi connectivity index (χ1) is 11.9. The molecule has 5 heteroatoms. The van der Waals surface area contributed by atoms with E-state index in [0.717, 1.165) is 0 Å². The molecule has 0 saturated carbocycles. The highest BCUT2D eigenvalue weighted by molar-refractivity contribution is 8.00. The van der Waals surface area contributed by atoms with Crippen molar-refractivity contribution in [2.45, 2.75) is 32.6 Å². The van der Waals surface area contributed by atoms with E-state index in [4.69, 9.17) is 9.47 Å². The maximum absolute atomic E-state index is 12.4. The molecular formula is C20H25NO3S. The number of thioether (sulfide) groups is 1. The number of benzene rings is 2. The van der Waals surface area contributed by atoms with Gasteiger partial charge in [0.25, 0.3) is 0 Å². The summed E-state index contributed by atoms with van der Waals surface area (Å²) in [6.45, 7) is 8.42. The number of anilines is 1. The van der Waals surface area contributed by atoms with Gasteiger partial charge < -0.3 is 14.8 Å². The number of hydrogen-bond acceptors (Lipinski definition) is 4. The van der Waals surface area contributed by atoms with E-state index in [9.17, 15) is 4.79 Å². The molecule has 2 aromatic carbocycles. The van der Waals surface area contributed by atoms with Crippen LogP contribution in [-0.2, 0) is 4.79 Å². The highest BCUT2D eigenvalue weighted by atomic mass is 32.2. The predicted molar refractivity (Wildman–Crippen MR) is 104 cm³/mol. The Morgan fingerprint density at radius 3 is 2.20 bits per heavy atom. The molecule has 0 heterocycles. The van der Waals surface area contributed by atoms with Gasteiger partial charge in [0.05, 0.1) is 25.7 Å². The van der Waals surface area contributed by atoms with E-state index in [1.54, 1.807) is 44.2 Å². The van der Waals surface area contributed by atoms with E-state index in [2.05, 4.69) is 39.1 Å². The molecule has 0 aliphatic rings. The van der Waals surface area contributed by atoms with Gasteiger partial charge in [-0.25, -0.2) is 0 Å². The molecular weight excluding hydrogens is 334 g/mol. The molecule has 0 bridgehead atoms. The van der Waals surface area contributed by atoms with Crippen molar-refractivity contribution in [3.63, 3.8) is 0 Å². The molecule has 0 spiro atoms. The molecule has 0 atom stereocenters. The molecule has 0 aromatic heterocycles. The minimum absolute atomic E-state index is 0.0635. The van der Waals surface area contributed by atoms with Gasteiger partial charge in [-0.15, -0.1) is 11.8 Å². The van der Waals surface area contributed by atoms with Gasteiger partial charge >= 0.3 is 0 Å². The van der Waals surface area contributed by atoms with Crippen LogP contribution in [0.5, 0.6) is 11.5 Å². The second kappa shape index (κ2) is 8.30. The van der Waals surface area contributed by atoms with Crippen molar-refractivity contribution in [3.8, 4) is 11.5 Å². The summed E-state index contributed by atoms with van der Waals surface area (Å²) < 4.78 is 10.5. The Morgan fingerprint density at radius 1 is 1.00 bits per heavy atom. The fourth-order valence-electron chi connectivity index (χ4n) is 2.62. The molecule has 0 aliphatic heterocycles. The molecule has 0 fully saturated rings. The summed E-state index contributed by atoms with van der Waals surface area (Å²) in [6, 6.07) is 7.52. The number of nitrogens with one attached hydrogen (secondary N) is 1. The van der Waals surface area contributed by atoms with Crippen LogP contribution in [0.25, 0.3) is 0 Å². The quantitative estimate of drug-likeness (QED) is 0.762. The van der Waals surface area contributed by atoms with Crippen molar-refractivity contribution in [2.75, 3.05) is 25.3 Å². The predicted octanol–water partition coefficient (Wildman–Crippen LogP) is 4.67. The van der Waals surface area contributed by atoms with Gasteiger partial charge in [-0.1, -0.05) is 6.07 Å². The largest absolute Gasteiger partial charge is 0.497 e. The second-order valence-electron chi connectivity index (χ2n) is 5.99. The number of ether oxygens (including phenoxy) is 2. The zero-order valence-electron chi connectivity index (χ0n) is 15.6. The third-order valence-corrected chi connectivity index (χ3v) is 5.64. The first-order valence-corrected chi connectivity index (χ1v) is 9.08. The van der Waals surface area contributed by atoms with Crippen LogP contribution in [0.1, 0.15) is 22.3 Å². The number of amides is 1. The lowest BCUT2D eigenvalue weighted by molar-refractivity contribution is -0.113. The maximum Gasteiger partial charge on any atom is 0.234 e. The normalized spacial score (nSPS) is 10.5.